The number of anilines is 2. The maximum absolute atomic E-state index is 13.0. The van der Waals surface area contributed by atoms with Gasteiger partial charge in [0.1, 0.15) is 11.7 Å². The van der Waals surface area contributed by atoms with Gasteiger partial charge in [-0.3, -0.25) is 24.2 Å². The van der Waals surface area contributed by atoms with Gasteiger partial charge in [-0.15, -0.1) is 0 Å². The Morgan fingerprint density at radius 3 is 2.48 bits per heavy atom. The van der Waals surface area contributed by atoms with Gasteiger partial charge in [-0.2, -0.15) is 0 Å². The monoisotopic (exact) mass is 478 g/mol. The zero-order valence-corrected chi connectivity index (χ0v) is 18.9. The lowest BCUT2D eigenvalue weighted by atomic mass is 10.1. The minimum absolute atomic E-state index is 0.0531. The predicted molar refractivity (Wildman–Crippen MR) is 124 cm³/mol. The van der Waals surface area contributed by atoms with Crippen molar-refractivity contribution in [2.75, 3.05) is 16.2 Å². The molecule has 1 heterocycles. The minimum atomic E-state index is -4.23. The number of pyridine rings is 1. The van der Waals surface area contributed by atoms with Gasteiger partial charge >= 0.3 is 5.97 Å². The van der Waals surface area contributed by atoms with Crippen LogP contribution in [0, 0.1) is 6.92 Å². The number of carboxylic acid groups (broad SMARTS) is 1. The van der Waals surface area contributed by atoms with E-state index in [1.54, 1.807) is 19.1 Å². The van der Waals surface area contributed by atoms with Crippen molar-refractivity contribution < 1.29 is 23.1 Å². The fourth-order valence-corrected chi connectivity index (χ4v) is 4.55. The highest BCUT2D eigenvalue weighted by Crippen LogP contribution is 2.28. The number of aromatic amines is 1. The zero-order valence-electron chi connectivity index (χ0n) is 18.1. The van der Waals surface area contributed by atoms with Crippen LogP contribution >= 0.6 is 0 Å². The molecule has 0 fully saturated rings. The van der Waals surface area contributed by atoms with Crippen LogP contribution in [0.15, 0.2) is 51.2 Å². The molecule has 1 aromatic heterocycles. The molecule has 0 aliphatic heterocycles. The summed E-state index contributed by atoms with van der Waals surface area (Å²) in [6, 6.07) is 5.98. The molecule has 178 valence electrons. The van der Waals surface area contributed by atoms with E-state index in [-0.39, 0.29) is 35.9 Å². The Morgan fingerprint density at radius 1 is 1.24 bits per heavy atom. The number of hydrogen-bond donors (Lipinski definition) is 5. The molecule has 0 radical (unpaired) electrons. The third-order valence-corrected chi connectivity index (χ3v) is 6.19. The molecule has 0 bridgehead atoms. The first-order chi connectivity index (χ1) is 15.5. The average molecular weight is 479 g/mol. The average Bonchev–Trinajstić information content (AvgIpc) is 2.71. The Morgan fingerprint density at radius 2 is 1.91 bits per heavy atom. The molecule has 2 aromatic rings. The van der Waals surface area contributed by atoms with Crippen LogP contribution in [0.3, 0.4) is 0 Å². The van der Waals surface area contributed by atoms with Crippen LogP contribution < -0.4 is 26.6 Å². The number of aromatic nitrogens is 1. The Hall–Kier alpha value is -3.87. The molecule has 0 saturated carbocycles. The number of aryl methyl sites for hydroxylation is 1. The summed E-state index contributed by atoms with van der Waals surface area (Å²) in [4.78, 5) is 44.0. The molecule has 0 spiro atoms. The molecule has 7 N–H and O–H groups in total. The van der Waals surface area contributed by atoms with Crippen molar-refractivity contribution >= 4 is 39.2 Å². The molecule has 0 unspecified atom stereocenters. The second-order valence-corrected chi connectivity index (χ2v) is 8.78. The van der Waals surface area contributed by atoms with Crippen molar-refractivity contribution in [1.82, 2.24) is 4.98 Å². The number of carbonyl (C=O) groups excluding carboxylic acids is 1. The molecule has 2 rings (SSSR count). The maximum Gasteiger partial charge on any atom is 0.326 e. The van der Waals surface area contributed by atoms with Crippen molar-refractivity contribution in [3.05, 3.63) is 52.4 Å². The Kier molecular flexibility index (Phi) is 8.18. The molecular weight excluding hydrogens is 452 g/mol. The first kappa shape index (κ1) is 25.4. The lowest BCUT2D eigenvalue weighted by molar-refractivity contribution is -0.140. The van der Waals surface area contributed by atoms with Gasteiger partial charge in [-0.25, -0.2) is 13.2 Å². The van der Waals surface area contributed by atoms with Gasteiger partial charge in [0, 0.05) is 19.7 Å². The molecule has 33 heavy (non-hydrogen) atoms. The molecule has 13 heteroatoms. The van der Waals surface area contributed by atoms with Gasteiger partial charge in [-0.05, 0) is 37.5 Å². The summed E-state index contributed by atoms with van der Waals surface area (Å²) in [5, 5.41) is 9.77. The summed E-state index contributed by atoms with van der Waals surface area (Å²) in [6.45, 7) is 2.83. The number of carboxylic acids is 1. The summed E-state index contributed by atoms with van der Waals surface area (Å²) < 4.78 is 28.2. The number of hydrogen-bond acceptors (Lipinski definition) is 6. The molecule has 0 aliphatic rings. The predicted octanol–water partition coefficient (Wildman–Crippen LogP) is 0.344. The second kappa shape index (κ2) is 10.6. The van der Waals surface area contributed by atoms with E-state index < -0.39 is 39.2 Å². The lowest BCUT2D eigenvalue weighted by Gasteiger charge is -2.29. The molecule has 1 atom stereocenters. The van der Waals surface area contributed by atoms with E-state index in [0.29, 0.717) is 5.56 Å². The van der Waals surface area contributed by atoms with E-state index in [1.165, 1.54) is 24.4 Å². The lowest BCUT2D eigenvalue weighted by Crippen LogP contribution is -2.45. The number of carbonyl (C=O) groups is 2. The Labute approximate surface area is 190 Å². The summed E-state index contributed by atoms with van der Waals surface area (Å²) in [7, 11) is -4.23. The minimum Gasteiger partial charge on any atom is -0.480 e. The topological polar surface area (TPSA) is 201 Å². The standard InChI is InChI=1S/C20H26N6O6S/c1-12-6-3-4-8-16(12)33(31,32)25-17-14(9-11-23-18(17)28)26(13(2)27)15(19(29)30)7-5-10-24-20(21)22/h3-4,6,8-9,11,15,25H,5,7,10H2,1-2H3,(H,23,28)(H,29,30)(H4,21,22,24)/t15-/m0/s1. The summed E-state index contributed by atoms with van der Waals surface area (Å²) in [5.74, 6) is -2.21. The van der Waals surface area contributed by atoms with Crippen molar-refractivity contribution in [2.45, 2.75) is 37.6 Å². The molecule has 12 nitrogen and oxygen atoms in total. The molecule has 0 saturated heterocycles. The number of nitrogens with two attached hydrogens (primary N) is 2. The SMILES string of the molecule is CC(=O)N(c1cc[nH]c(=O)c1NS(=O)(=O)c1ccccc1C)[C@@H](CCCN=C(N)N)C(=O)O. The maximum atomic E-state index is 13.0. The van der Waals surface area contributed by atoms with Crippen LogP contribution in [0.25, 0.3) is 0 Å². The fraction of sp³-hybridized carbons (Fsp3) is 0.300. The van der Waals surface area contributed by atoms with Crippen molar-refractivity contribution in [3.8, 4) is 0 Å². The third kappa shape index (κ3) is 6.32. The van der Waals surface area contributed by atoms with Crippen LogP contribution in [0.2, 0.25) is 0 Å². The highest BCUT2D eigenvalue weighted by atomic mass is 32.2. The second-order valence-electron chi connectivity index (χ2n) is 7.13. The van der Waals surface area contributed by atoms with Crippen molar-refractivity contribution in [3.63, 3.8) is 0 Å². The fourth-order valence-electron chi connectivity index (χ4n) is 3.23. The first-order valence-corrected chi connectivity index (χ1v) is 11.3. The molecule has 0 aliphatic carbocycles. The van der Waals surface area contributed by atoms with E-state index in [1.807, 2.05) is 0 Å². The Balaban J connectivity index is 2.52. The molecule has 1 aromatic carbocycles. The van der Waals surface area contributed by atoms with E-state index in [0.717, 1.165) is 11.8 Å². The number of aliphatic imine (C=N–C) groups is 1. The number of benzene rings is 1. The molecule has 1 amide bonds. The van der Waals surface area contributed by atoms with Crippen LogP contribution in [0.4, 0.5) is 11.4 Å². The van der Waals surface area contributed by atoms with E-state index in [4.69, 9.17) is 11.5 Å². The normalized spacial score (nSPS) is 11.9. The quantitative estimate of drug-likeness (QED) is 0.183. The third-order valence-electron chi connectivity index (χ3n) is 4.68. The van der Waals surface area contributed by atoms with Gasteiger partial charge in [0.2, 0.25) is 5.91 Å². The number of amides is 1. The van der Waals surface area contributed by atoms with Gasteiger partial charge in [0.15, 0.2) is 5.96 Å². The number of nitrogens with zero attached hydrogens (tertiary/aromatic N) is 2. The number of nitrogens with one attached hydrogen (secondary N) is 2. The number of rotatable bonds is 10. The van der Waals surface area contributed by atoms with E-state index >= 15 is 0 Å². The largest absolute Gasteiger partial charge is 0.480 e. The summed E-state index contributed by atoms with van der Waals surface area (Å²) >= 11 is 0. The highest BCUT2D eigenvalue weighted by molar-refractivity contribution is 7.92. The Bertz CT molecular complexity index is 1220. The van der Waals surface area contributed by atoms with Gasteiger partial charge in [-0.1, -0.05) is 18.2 Å². The van der Waals surface area contributed by atoms with Gasteiger partial charge < -0.3 is 21.6 Å². The van der Waals surface area contributed by atoms with Crippen LogP contribution in [-0.4, -0.2) is 48.9 Å². The summed E-state index contributed by atoms with van der Waals surface area (Å²) in [6.07, 6.45) is 1.35. The molecular formula is C20H26N6O6S. The van der Waals surface area contributed by atoms with E-state index in [9.17, 15) is 27.9 Å². The zero-order chi connectivity index (χ0) is 24.8. The van der Waals surface area contributed by atoms with Crippen molar-refractivity contribution in [1.29, 1.82) is 0 Å². The van der Waals surface area contributed by atoms with Crippen molar-refractivity contribution in [2.24, 2.45) is 16.5 Å². The van der Waals surface area contributed by atoms with Crippen LogP contribution in [-0.2, 0) is 19.6 Å². The van der Waals surface area contributed by atoms with E-state index in [2.05, 4.69) is 14.7 Å². The number of H-pyrrole nitrogens is 1. The number of aliphatic carboxylic acids is 1. The smallest absolute Gasteiger partial charge is 0.326 e. The van der Waals surface area contributed by atoms with Crippen LogP contribution in [0.1, 0.15) is 25.3 Å². The first-order valence-electron chi connectivity index (χ1n) is 9.84. The van der Waals surface area contributed by atoms with Gasteiger partial charge in [0.25, 0.3) is 15.6 Å². The summed E-state index contributed by atoms with van der Waals surface area (Å²) in [5.41, 5.74) is 9.44. The highest BCUT2D eigenvalue weighted by Gasteiger charge is 2.32. The van der Waals surface area contributed by atoms with Crippen LogP contribution in [0.5, 0.6) is 0 Å². The number of guanidine groups is 1. The van der Waals surface area contributed by atoms with Gasteiger partial charge in [0.05, 0.1) is 10.6 Å². The number of sulfonamides is 1.